The number of methoxy groups -OCH3 is 2. The van der Waals surface area contributed by atoms with Gasteiger partial charge in [0.05, 0.1) is 17.5 Å². The number of piperidine rings is 1. The minimum absolute atomic E-state index is 0.485. The molecule has 6 nitrogen and oxygen atoms in total. The zero-order chi connectivity index (χ0) is 21.8. The standard InChI is InChI=1S/C25H31N3O3/c1-19-9-10-22(24(30-2)31-3)23(15-19)25(29)11-13-27(14-12-25)17-20-16-26-28(18-20)21-7-5-4-6-8-21/h4-10,15-16,18,24,29H,11-14,17H2,1-3H3. The van der Waals surface area contributed by atoms with Gasteiger partial charge in [-0.15, -0.1) is 0 Å². The summed E-state index contributed by atoms with van der Waals surface area (Å²) in [5, 5.41) is 16.1. The molecule has 0 radical (unpaired) electrons. The largest absolute Gasteiger partial charge is 0.385 e. The van der Waals surface area contributed by atoms with Crippen molar-refractivity contribution < 1.29 is 14.6 Å². The van der Waals surface area contributed by atoms with E-state index in [0.29, 0.717) is 12.8 Å². The van der Waals surface area contributed by atoms with Gasteiger partial charge < -0.3 is 14.6 Å². The number of ether oxygens (including phenoxy) is 2. The molecular formula is C25H31N3O3. The first kappa shape index (κ1) is 21.7. The molecule has 0 spiro atoms. The van der Waals surface area contributed by atoms with Crippen molar-refractivity contribution in [2.75, 3.05) is 27.3 Å². The number of para-hydroxylation sites is 1. The lowest BCUT2D eigenvalue weighted by Gasteiger charge is -2.40. The van der Waals surface area contributed by atoms with E-state index in [0.717, 1.165) is 42.0 Å². The molecule has 164 valence electrons. The van der Waals surface area contributed by atoms with E-state index in [1.54, 1.807) is 14.2 Å². The zero-order valence-electron chi connectivity index (χ0n) is 18.5. The molecule has 1 N–H and O–H groups in total. The van der Waals surface area contributed by atoms with Crippen LogP contribution >= 0.6 is 0 Å². The van der Waals surface area contributed by atoms with Crippen LogP contribution in [-0.4, -0.2) is 47.1 Å². The van der Waals surface area contributed by atoms with Gasteiger partial charge >= 0.3 is 0 Å². The van der Waals surface area contributed by atoms with Crippen LogP contribution in [0.15, 0.2) is 60.9 Å². The van der Waals surface area contributed by atoms with Crippen LogP contribution in [0.2, 0.25) is 0 Å². The lowest BCUT2D eigenvalue weighted by molar-refractivity contribution is -0.110. The SMILES string of the molecule is COC(OC)c1ccc(C)cc1C1(O)CCN(Cc2cnn(-c3ccccc3)c2)CC1. The first-order valence-corrected chi connectivity index (χ1v) is 10.7. The van der Waals surface area contributed by atoms with Crippen LogP contribution in [0.25, 0.3) is 5.69 Å². The van der Waals surface area contributed by atoms with Crippen molar-refractivity contribution in [2.24, 2.45) is 0 Å². The Morgan fingerprint density at radius 1 is 1.06 bits per heavy atom. The lowest BCUT2D eigenvalue weighted by Crippen LogP contribution is -2.42. The Balaban J connectivity index is 1.45. The molecule has 1 saturated heterocycles. The third kappa shape index (κ3) is 4.72. The fourth-order valence-electron chi connectivity index (χ4n) is 4.40. The lowest BCUT2D eigenvalue weighted by atomic mass is 9.81. The number of rotatable bonds is 7. The van der Waals surface area contributed by atoms with Crippen molar-refractivity contribution >= 4 is 0 Å². The Labute approximate surface area is 184 Å². The van der Waals surface area contributed by atoms with Gasteiger partial charge in [0, 0.05) is 51.2 Å². The summed E-state index contributed by atoms with van der Waals surface area (Å²) in [6.45, 7) is 4.49. The third-order valence-electron chi connectivity index (χ3n) is 6.14. The number of aromatic nitrogens is 2. The van der Waals surface area contributed by atoms with Crippen LogP contribution < -0.4 is 0 Å². The number of hydrogen-bond acceptors (Lipinski definition) is 5. The molecule has 1 aromatic heterocycles. The van der Waals surface area contributed by atoms with Gasteiger partial charge in [-0.2, -0.15) is 5.10 Å². The highest BCUT2D eigenvalue weighted by atomic mass is 16.7. The van der Waals surface area contributed by atoms with Crippen molar-refractivity contribution in [2.45, 2.75) is 38.2 Å². The van der Waals surface area contributed by atoms with Crippen molar-refractivity contribution in [1.82, 2.24) is 14.7 Å². The molecule has 4 rings (SSSR count). The molecule has 31 heavy (non-hydrogen) atoms. The van der Waals surface area contributed by atoms with E-state index < -0.39 is 11.9 Å². The normalized spacial score (nSPS) is 16.7. The molecule has 0 amide bonds. The van der Waals surface area contributed by atoms with Gasteiger partial charge in [-0.1, -0.05) is 42.0 Å². The zero-order valence-corrected chi connectivity index (χ0v) is 18.5. The van der Waals surface area contributed by atoms with E-state index in [1.165, 1.54) is 5.56 Å². The number of aryl methyl sites for hydroxylation is 1. The second kappa shape index (κ2) is 9.32. The minimum atomic E-state index is -0.888. The number of likely N-dealkylation sites (tertiary alicyclic amines) is 1. The van der Waals surface area contributed by atoms with E-state index in [-0.39, 0.29) is 0 Å². The van der Waals surface area contributed by atoms with Crippen molar-refractivity contribution in [3.63, 3.8) is 0 Å². The van der Waals surface area contributed by atoms with Crippen LogP contribution in [0.3, 0.4) is 0 Å². The van der Waals surface area contributed by atoms with Gasteiger partial charge in [0.1, 0.15) is 0 Å². The number of aliphatic hydroxyl groups is 1. The molecule has 3 aromatic rings. The summed E-state index contributed by atoms with van der Waals surface area (Å²) >= 11 is 0. The highest BCUT2D eigenvalue weighted by Crippen LogP contribution is 2.38. The van der Waals surface area contributed by atoms with E-state index in [2.05, 4.69) is 22.3 Å². The maximum atomic E-state index is 11.6. The third-order valence-corrected chi connectivity index (χ3v) is 6.14. The molecule has 0 atom stereocenters. The molecule has 0 bridgehead atoms. The topological polar surface area (TPSA) is 59.8 Å². The predicted molar refractivity (Wildman–Crippen MR) is 120 cm³/mol. The summed E-state index contributed by atoms with van der Waals surface area (Å²) in [5.74, 6) is 0. The van der Waals surface area contributed by atoms with Gasteiger partial charge in [0.2, 0.25) is 0 Å². The number of benzene rings is 2. The van der Waals surface area contributed by atoms with Crippen LogP contribution in [0.1, 0.15) is 41.4 Å². The molecule has 0 aliphatic carbocycles. The predicted octanol–water partition coefficient (Wildman–Crippen LogP) is 3.96. The molecule has 0 saturated carbocycles. The molecule has 1 fully saturated rings. The monoisotopic (exact) mass is 421 g/mol. The molecular weight excluding hydrogens is 390 g/mol. The summed E-state index contributed by atoms with van der Waals surface area (Å²) < 4.78 is 12.9. The highest BCUT2D eigenvalue weighted by Gasteiger charge is 2.37. The Morgan fingerprint density at radius 3 is 2.45 bits per heavy atom. The quantitative estimate of drug-likeness (QED) is 0.585. The van der Waals surface area contributed by atoms with E-state index in [4.69, 9.17) is 9.47 Å². The van der Waals surface area contributed by atoms with Crippen LogP contribution in [0.4, 0.5) is 0 Å². The Kier molecular flexibility index (Phi) is 6.53. The fraction of sp³-hybridized carbons (Fsp3) is 0.400. The molecule has 1 aliphatic rings. The molecule has 6 heteroatoms. The van der Waals surface area contributed by atoms with E-state index in [9.17, 15) is 5.11 Å². The Morgan fingerprint density at radius 2 is 1.77 bits per heavy atom. The first-order valence-electron chi connectivity index (χ1n) is 10.7. The van der Waals surface area contributed by atoms with Crippen LogP contribution in [-0.2, 0) is 21.6 Å². The van der Waals surface area contributed by atoms with Crippen LogP contribution in [0, 0.1) is 6.92 Å². The van der Waals surface area contributed by atoms with Gasteiger partial charge in [-0.25, -0.2) is 4.68 Å². The molecule has 2 aromatic carbocycles. The second-order valence-electron chi connectivity index (χ2n) is 8.33. The Bertz CT molecular complexity index is 990. The summed E-state index contributed by atoms with van der Waals surface area (Å²) in [5.41, 5.74) is 4.27. The smallest absolute Gasteiger partial charge is 0.183 e. The summed E-state index contributed by atoms with van der Waals surface area (Å²) in [6.07, 6.45) is 4.85. The maximum Gasteiger partial charge on any atom is 0.183 e. The fourth-order valence-corrected chi connectivity index (χ4v) is 4.40. The summed E-state index contributed by atoms with van der Waals surface area (Å²) in [6, 6.07) is 16.2. The van der Waals surface area contributed by atoms with E-state index >= 15 is 0 Å². The number of hydrogen-bond donors (Lipinski definition) is 1. The molecule has 2 heterocycles. The average Bonchev–Trinajstić information content (AvgIpc) is 3.26. The van der Waals surface area contributed by atoms with E-state index in [1.807, 2.05) is 60.3 Å². The summed E-state index contributed by atoms with van der Waals surface area (Å²) in [4.78, 5) is 2.38. The molecule has 1 aliphatic heterocycles. The van der Waals surface area contributed by atoms with Gasteiger partial charge in [0.15, 0.2) is 6.29 Å². The first-order chi connectivity index (χ1) is 15.0. The van der Waals surface area contributed by atoms with Crippen molar-refractivity contribution in [3.05, 3.63) is 83.2 Å². The van der Waals surface area contributed by atoms with Crippen LogP contribution in [0.5, 0.6) is 0 Å². The second-order valence-corrected chi connectivity index (χ2v) is 8.33. The van der Waals surface area contributed by atoms with Gasteiger partial charge in [0.25, 0.3) is 0 Å². The Hall–Kier alpha value is -2.51. The van der Waals surface area contributed by atoms with Gasteiger partial charge in [-0.3, -0.25) is 4.90 Å². The average molecular weight is 422 g/mol. The minimum Gasteiger partial charge on any atom is -0.385 e. The highest BCUT2D eigenvalue weighted by molar-refractivity contribution is 5.37. The molecule has 0 unspecified atom stereocenters. The number of nitrogens with zero attached hydrogens (tertiary/aromatic N) is 3. The van der Waals surface area contributed by atoms with Gasteiger partial charge in [-0.05, 0) is 37.5 Å². The maximum absolute atomic E-state index is 11.6. The van der Waals surface area contributed by atoms with Crippen molar-refractivity contribution in [3.8, 4) is 5.69 Å². The summed E-state index contributed by atoms with van der Waals surface area (Å²) in [7, 11) is 3.25. The van der Waals surface area contributed by atoms with Crippen molar-refractivity contribution in [1.29, 1.82) is 0 Å².